The van der Waals surface area contributed by atoms with Gasteiger partial charge in [-0.05, 0) is 35.4 Å². The molecular weight excluding hydrogens is 419 g/mol. The van der Waals surface area contributed by atoms with Crippen LogP contribution in [0.2, 0.25) is 0 Å². The maximum atomic E-state index is 13.7. The van der Waals surface area contributed by atoms with Crippen molar-refractivity contribution in [1.82, 2.24) is 25.0 Å². The summed E-state index contributed by atoms with van der Waals surface area (Å²) in [5.41, 5.74) is 0.479. The van der Waals surface area contributed by atoms with Crippen molar-refractivity contribution >= 4 is 45.5 Å². The Kier molecular flexibility index (Phi) is 5.46. The van der Waals surface area contributed by atoms with Crippen molar-refractivity contribution in [2.24, 2.45) is 0 Å². The van der Waals surface area contributed by atoms with Crippen molar-refractivity contribution in [2.75, 3.05) is 11.1 Å². The van der Waals surface area contributed by atoms with E-state index in [9.17, 15) is 9.18 Å². The van der Waals surface area contributed by atoms with E-state index in [1.807, 2.05) is 24.4 Å². The number of aromatic nitrogens is 5. The summed E-state index contributed by atoms with van der Waals surface area (Å²) in [7, 11) is 0. The number of benzene rings is 1. The average molecular weight is 433 g/mol. The molecule has 7 nitrogen and oxygen atoms in total. The van der Waals surface area contributed by atoms with Gasteiger partial charge >= 0.3 is 0 Å². The van der Waals surface area contributed by atoms with Gasteiger partial charge in [-0.2, -0.15) is 0 Å². The number of thioether (sulfide) groups is 1. The first-order chi connectivity index (χ1) is 13.6. The van der Waals surface area contributed by atoms with Gasteiger partial charge in [0.25, 0.3) is 5.91 Å². The van der Waals surface area contributed by atoms with Gasteiger partial charge in [-0.1, -0.05) is 42.2 Å². The first-order valence-corrected chi connectivity index (χ1v) is 10.9. The highest BCUT2D eigenvalue weighted by atomic mass is 32.2. The van der Waals surface area contributed by atoms with Gasteiger partial charge in [-0.3, -0.25) is 10.1 Å². The van der Waals surface area contributed by atoms with E-state index in [4.69, 9.17) is 0 Å². The smallest absolute Gasteiger partial charge is 0.294 e. The van der Waals surface area contributed by atoms with Crippen molar-refractivity contribution in [3.05, 3.63) is 53.4 Å². The van der Waals surface area contributed by atoms with E-state index in [-0.39, 0.29) is 5.82 Å². The zero-order valence-electron chi connectivity index (χ0n) is 14.5. The number of carbonyl (C=O) groups excluding carboxylic acids is 1. The number of rotatable bonds is 6. The van der Waals surface area contributed by atoms with Gasteiger partial charge in [0.2, 0.25) is 11.0 Å². The van der Waals surface area contributed by atoms with Gasteiger partial charge < -0.3 is 0 Å². The lowest BCUT2D eigenvalue weighted by Crippen LogP contribution is -2.14. The number of hydrogen-bond acceptors (Lipinski definition) is 8. The molecule has 28 heavy (non-hydrogen) atoms. The Morgan fingerprint density at radius 3 is 2.93 bits per heavy atom. The number of nitrogens with one attached hydrogen (secondary N) is 1. The summed E-state index contributed by atoms with van der Waals surface area (Å²) in [6.45, 7) is 2.01. The predicted octanol–water partition coefficient (Wildman–Crippen LogP) is 4.35. The van der Waals surface area contributed by atoms with Crippen LogP contribution in [-0.2, 0) is 0 Å². The molecule has 4 rings (SSSR count). The fourth-order valence-corrected chi connectivity index (χ4v) is 4.70. The van der Waals surface area contributed by atoms with E-state index >= 15 is 0 Å². The lowest BCUT2D eigenvalue weighted by molar-refractivity contribution is 0.101. The number of thiophene rings is 1. The summed E-state index contributed by atoms with van der Waals surface area (Å²) in [6.07, 6.45) is 0. The number of hydrogen-bond donors (Lipinski definition) is 1. The van der Waals surface area contributed by atoms with Gasteiger partial charge in [-0.25, -0.2) is 14.1 Å². The van der Waals surface area contributed by atoms with E-state index in [0.717, 1.165) is 15.0 Å². The van der Waals surface area contributed by atoms with E-state index in [2.05, 4.69) is 25.6 Å². The summed E-state index contributed by atoms with van der Waals surface area (Å²) in [6, 6.07) is 9.71. The molecule has 11 heteroatoms. The Morgan fingerprint density at radius 1 is 1.29 bits per heavy atom. The Morgan fingerprint density at radius 2 is 2.18 bits per heavy atom. The second-order valence-corrected chi connectivity index (χ2v) is 8.82. The molecule has 0 atom stereocenters. The van der Waals surface area contributed by atoms with Crippen LogP contribution in [-0.4, -0.2) is 36.6 Å². The molecule has 0 radical (unpaired) electrons. The minimum atomic E-state index is -0.503. The molecule has 1 N–H and O–H groups in total. The van der Waals surface area contributed by atoms with Crippen molar-refractivity contribution in [3.63, 3.8) is 0 Å². The van der Waals surface area contributed by atoms with Gasteiger partial charge in [0.15, 0.2) is 10.2 Å². The fraction of sp³-hybridized carbons (Fsp3) is 0.118. The molecule has 4 aromatic rings. The van der Waals surface area contributed by atoms with Crippen LogP contribution in [0.4, 0.5) is 9.52 Å². The van der Waals surface area contributed by atoms with Crippen molar-refractivity contribution in [3.8, 4) is 16.4 Å². The highest BCUT2D eigenvalue weighted by Crippen LogP contribution is 2.27. The lowest BCUT2D eigenvalue weighted by Gasteiger charge is -2.04. The molecule has 0 saturated heterocycles. The lowest BCUT2D eigenvalue weighted by atomic mass is 10.3. The number of carbonyl (C=O) groups is 1. The van der Waals surface area contributed by atoms with Crippen LogP contribution in [0.1, 0.15) is 17.5 Å². The van der Waals surface area contributed by atoms with E-state index < -0.39 is 11.7 Å². The minimum Gasteiger partial charge on any atom is -0.294 e. The molecule has 0 unspecified atom stereocenters. The zero-order valence-corrected chi connectivity index (χ0v) is 16.9. The largest absolute Gasteiger partial charge is 0.297 e. The molecule has 0 aliphatic heterocycles. The first kappa shape index (κ1) is 18.7. The van der Waals surface area contributed by atoms with E-state index in [1.165, 1.54) is 39.5 Å². The number of nitrogens with zero attached hydrogens (tertiary/aromatic N) is 5. The van der Waals surface area contributed by atoms with Crippen LogP contribution in [0, 0.1) is 5.82 Å². The van der Waals surface area contributed by atoms with Gasteiger partial charge in [0.1, 0.15) is 5.82 Å². The summed E-state index contributed by atoms with van der Waals surface area (Å²) < 4.78 is 15.9. The molecule has 3 heterocycles. The van der Waals surface area contributed by atoms with Crippen LogP contribution < -0.4 is 5.32 Å². The van der Waals surface area contributed by atoms with Crippen molar-refractivity contribution < 1.29 is 9.18 Å². The summed E-state index contributed by atoms with van der Waals surface area (Å²) in [4.78, 5) is 17.8. The second-order valence-electron chi connectivity index (χ2n) is 5.39. The standard InChI is InChI=1S/C17H13FN6OS3/c1-2-26-17-22-21-16(28-17)20-15(25)13-19-14(12-7-4-8-27-12)24(23-13)11-6-3-5-10(18)9-11/h3-9H,2H2,1H3,(H,20,21,25). The molecule has 0 saturated carbocycles. The highest BCUT2D eigenvalue weighted by molar-refractivity contribution is 8.01. The van der Waals surface area contributed by atoms with E-state index in [1.54, 1.807) is 23.9 Å². The summed E-state index contributed by atoms with van der Waals surface area (Å²) in [5.74, 6) is 0.396. The van der Waals surface area contributed by atoms with Crippen LogP contribution in [0.25, 0.3) is 16.4 Å². The third-order valence-electron chi connectivity index (χ3n) is 3.50. The SMILES string of the molecule is CCSc1nnc(NC(=O)c2nc(-c3cccs3)n(-c3cccc(F)c3)n2)s1. The maximum Gasteiger partial charge on any atom is 0.297 e. The van der Waals surface area contributed by atoms with Gasteiger partial charge in [-0.15, -0.1) is 26.6 Å². The molecule has 1 aromatic carbocycles. The van der Waals surface area contributed by atoms with Gasteiger partial charge in [0, 0.05) is 0 Å². The monoisotopic (exact) mass is 432 g/mol. The zero-order chi connectivity index (χ0) is 19.5. The second kappa shape index (κ2) is 8.17. The predicted molar refractivity (Wildman–Crippen MR) is 109 cm³/mol. The molecule has 0 spiro atoms. The first-order valence-electron chi connectivity index (χ1n) is 8.18. The highest BCUT2D eigenvalue weighted by Gasteiger charge is 2.21. The Balaban J connectivity index is 1.67. The third kappa shape index (κ3) is 3.96. The van der Waals surface area contributed by atoms with Crippen LogP contribution in [0.3, 0.4) is 0 Å². The van der Waals surface area contributed by atoms with Crippen LogP contribution >= 0.6 is 34.4 Å². The van der Waals surface area contributed by atoms with Gasteiger partial charge in [0.05, 0.1) is 10.6 Å². The summed E-state index contributed by atoms with van der Waals surface area (Å²) in [5, 5.41) is 17.2. The molecule has 0 aliphatic rings. The van der Waals surface area contributed by atoms with Crippen molar-refractivity contribution in [2.45, 2.75) is 11.3 Å². The molecule has 3 aromatic heterocycles. The molecule has 0 fully saturated rings. The number of anilines is 1. The fourth-order valence-electron chi connectivity index (χ4n) is 2.36. The normalized spacial score (nSPS) is 10.9. The minimum absolute atomic E-state index is 0.0347. The van der Waals surface area contributed by atoms with Crippen LogP contribution in [0.5, 0.6) is 0 Å². The third-order valence-corrected chi connectivity index (χ3v) is 6.22. The Hall–Kier alpha value is -2.63. The average Bonchev–Trinajstić information content (AvgIpc) is 3.42. The molecular formula is C17H13FN6OS3. The number of amides is 1. The summed E-state index contributed by atoms with van der Waals surface area (Å²) >= 11 is 4.29. The Labute approximate surface area is 171 Å². The molecule has 1 amide bonds. The van der Waals surface area contributed by atoms with Crippen LogP contribution in [0.15, 0.2) is 46.1 Å². The molecule has 0 aliphatic carbocycles. The maximum absolute atomic E-state index is 13.7. The Bertz CT molecular complexity index is 1110. The van der Waals surface area contributed by atoms with Crippen molar-refractivity contribution in [1.29, 1.82) is 0 Å². The topological polar surface area (TPSA) is 85.6 Å². The van der Waals surface area contributed by atoms with E-state index in [0.29, 0.717) is 16.6 Å². The molecule has 0 bridgehead atoms. The number of halogens is 1. The quantitative estimate of drug-likeness (QED) is 0.360. The molecule has 142 valence electrons.